The maximum Gasteiger partial charge on any atom is 0.240 e. The van der Waals surface area contributed by atoms with Crippen LogP contribution in [0.2, 0.25) is 5.02 Å². The fourth-order valence-corrected chi connectivity index (χ4v) is 5.22. The highest BCUT2D eigenvalue weighted by molar-refractivity contribution is 7.89. The van der Waals surface area contributed by atoms with Gasteiger partial charge in [0.2, 0.25) is 10.0 Å². The normalized spacial score (nSPS) is 22.5. The lowest BCUT2D eigenvalue weighted by molar-refractivity contribution is 0.471. The molecule has 4 nitrogen and oxygen atoms in total. The third-order valence-electron chi connectivity index (χ3n) is 4.61. The van der Waals surface area contributed by atoms with E-state index in [9.17, 15) is 8.42 Å². The van der Waals surface area contributed by atoms with Gasteiger partial charge in [-0.15, -0.1) is 0 Å². The van der Waals surface area contributed by atoms with Gasteiger partial charge in [0.25, 0.3) is 0 Å². The summed E-state index contributed by atoms with van der Waals surface area (Å²) in [6.07, 6.45) is 1.54. The van der Waals surface area contributed by atoms with Crippen LogP contribution in [0.5, 0.6) is 0 Å². The largest absolute Gasteiger partial charge is 0.384 e. The average Bonchev–Trinajstić information content (AvgIpc) is 2.92. The van der Waals surface area contributed by atoms with E-state index in [0.717, 1.165) is 19.4 Å². The number of hydrogen-bond acceptors (Lipinski definition) is 3. The van der Waals surface area contributed by atoms with Crippen LogP contribution in [0.3, 0.4) is 0 Å². The molecule has 0 spiro atoms. The van der Waals surface area contributed by atoms with Crippen LogP contribution in [0.4, 0.5) is 5.69 Å². The first kappa shape index (κ1) is 15.0. The van der Waals surface area contributed by atoms with E-state index in [2.05, 4.69) is 22.2 Å². The molecule has 2 unspecified atom stereocenters. The van der Waals surface area contributed by atoms with Gasteiger partial charge in [-0.3, -0.25) is 0 Å². The molecule has 1 aliphatic carbocycles. The van der Waals surface area contributed by atoms with E-state index < -0.39 is 10.0 Å². The molecule has 1 aliphatic heterocycles. The minimum Gasteiger partial charge on any atom is -0.384 e. The predicted octanol–water partition coefficient (Wildman–Crippen LogP) is 3.14. The molecule has 1 heterocycles. The second-order valence-electron chi connectivity index (χ2n) is 6.17. The summed E-state index contributed by atoms with van der Waals surface area (Å²) in [4.78, 5) is 0.217. The molecule has 120 valence electrons. The van der Waals surface area contributed by atoms with Crippen molar-refractivity contribution in [2.24, 2.45) is 0 Å². The lowest BCUT2D eigenvalue weighted by atomic mass is 9.82. The van der Waals surface area contributed by atoms with Crippen LogP contribution in [0, 0.1) is 0 Å². The van der Waals surface area contributed by atoms with Crippen LogP contribution in [0.1, 0.15) is 23.5 Å². The molecular formula is C17H17ClN2O2S. The van der Waals surface area contributed by atoms with Crippen molar-refractivity contribution in [3.63, 3.8) is 0 Å². The van der Waals surface area contributed by atoms with E-state index in [1.807, 2.05) is 6.07 Å². The van der Waals surface area contributed by atoms with E-state index in [1.165, 1.54) is 22.9 Å². The second-order valence-corrected chi connectivity index (χ2v) is 8.32. The van der Waals surface area contributed by atoms with Crippen molar-refractivity contribution >= 4 is 27.3 Å². The smallest absolute Gasteiger partial charge is 0.240 e. The van der Waals surface area contributed by atoms with Gasteiger partial charge in [-0.25, -0.2) is 13.1 Å². The lowest BCUT2D eigenvalue weighted by Gasteiger charge is -2.29. The Bertz CT molecular complexity index is 867. The monoisotopic (exact) mass is 348 g/mol. The zero-order chi connectivity index (χ0) is 16.0. The van der Waals surface area contributed by atoms with Gasteiger partial charge in [-0.1, -0.05) is 29.8 Å². The minimum atomic E-state index is -3.55. The first-order valence-corrected chi connectivity index (χ1v) is 9.52. The van der Waals surface area contributed by atoms with E-state index in [4.69, 9.17) is 11.6 Å². The molecule has 4 rings (SSSR count). The van der Waals surface area contributed by atoms with Crippen molar-refractivity contribution in [2.75, 3.05) is 11.9 Å². The molecule has 0 amide bonds. The summed E-state index contributed by atoms with van der Waals surface area (Å²) < 4.78 is 28.0. The van der Waals surface area contributed by atoms with Crippen LogP contribution in [-0.2, 0) is 16.4 Å². The van der Waals surface area contributed by atoms with Crippen molar-refractivity contribution < 1.29 is 8.42 Å². The van der Waals surface area contributed by atoms with E-state index in [1.54, 1.807) is 18.2 Å². The molecule has 2 aliphatic rings. The summed E-state index contributed by atoms with van der Waals surface area (Å²) in [5.41, 5.74) is 3.80. The Morgan fingerprint density at radius 2 is 2.00 bits per heavy atom. The molecule has 0 fully saturated rings. The van der Waals surface area contributed by atoms with Gasteiger partial charge < -0.3 is 5.32 Å². The fourth-order valence-electron chi connectivity index (χ4n) is 3.67. The maximum absolute atomic E-state index is 12.6. The summed E-state index contributed by atoms with van der Waals surface area (Å²) >= 11 is 5.91. The molecule has 2 atom stereocenters. The average molecular weight is 349 g/mol. The molecule has 0 saturated heterocycles. The molecule has 0 aromatic heterocycles. The molecule has 2 aromatic rings. The lowest BCUT2D eigenvalue weighted by Crippen LogP contribution is -2.40. The summed E-state index contributed by atoms with van der Waals surface area (Å²) in [5, 5.41) is 3.83. The molecule has 0 radical (unpaired) electrons. The van der Waals surface area contributed by atoms with Gasteiger partial charge in [0, 0.05) is 29.2 Å². The zero-order valence-corrected chi connectivity index (χ0v) is 14.0. The van der Waals surface area contributed by atoms with Gasteiger partial charge in [-0.2, -0.15) is 0 Å². The fraction of sp³-hybridized carbons (Fsp3) is 0.294. The highest BCUT2D eigenvalue weighted by Crippen LogP contribution is 2.41. The highest BCUT2D eigenvalue weighted by Gasteiger charge is 2.34. The Labute approximate surface area is 140 Å². The Hall–Kier alpha value is -1.56. The Balaban J connectivity index is 1.60. The number of nitrogens with one attached hydrogen (secondary N) is 2. The van der Waals surface area contributed by atoms with Gasteiger partial charge in [0.1, 0.15) is 0 Å². The number of rotatable bonds is 3. The van der Waals surface area contributed by atoms with Crippen molar-refractivity contribution in [1.29, 1.82) is 0 Å². The molecule has 23 heavy (non-hydrogen) atoms. The predicted molar refractivity (Wildman–Crippen MR) is 91.6 cm³/mol. The summed E-state index contributed by atoms with van der Waals surface area (Å²) in [5.74, 6) is 0.377. The Morgan fingerprint density at radius 3 is 2.83 bits per heavy atom. The number of halogens is 1. The third kappa shape index (κ3) is 2.73. The minimum absolute atomic E-state index is 0.0911. The van der Waals surface area contributed by atoms with Gasteiger partial charge in [0.15, 0.2) is 0 Å². The van der Waals surface area contributed by atoms with Crippen molar-refractivity contribution in [3.8, 4) is 0 Å². The standard InChI is InChI=1S/C17H17ClN2O2S/c18-13-4-2-5-15(9-13)23(21,22)20-14-7-11-3-1-6-16-17(11)12(8-14)10-19-16/h1-6,9,12,14,19-20H,7-8,10H2. The van der Waals surface area contributed by atoms with Crippen LogP contribution in [-0.4, -0.2) is 21.0 Å². The van der Waals surface area contributed by atoms with E-state index >= 15 is 0 Å². The van der Waals surface area contributed by atoms with Crippen LogP contribution in [0.15, 0.2) is 47.4 Å². The molecular weight excluding hydrogens is 332 g/mol. The van der Waals surface area contributed by atoms with Crippen molar-refractivity contribution in [3.05, 3.63) is 58.6 Å². The van der Waals surface area contributed by atoms with E-state index in [-0.39, 0.29) is 10.9 Å². The van der Waals surface area contributed by atoms with Gasteiger partial charge in [0.05, 0.1) is 4.90 Å². The van der Waals surface area contributed by atoms with Crippen molar-refractivity contribution in [2.45, 2.75) is 29.7 Å². The van der Waals surface area contributed by atoms with Crippen LogP contribution < -0.4 is 10.0 Å². The highest BCUT2D eigenvalue weighted by atomic mass is 35.5. The van der Waals surface area contributed by atoms with Crippen LogP contribution in [0.25, 0.3) is 0 Å². The SMILES string of the molecule is O=S(=O)(NC1Cc2cccc3c2C(CN3)C1)c1cccc(Cl)c1. The first-order chi connectivity index (χ1) is 11.0. The number of sulfonamides is 1. The number of anilines is 1. The van der Waals surface area contributed by atoms with Gasteiger partial charge >= 0.3 is 0 Å². The summed E-state index contributed by atoms with van der Waals surface area (Å²) in [7, 11) is -3.55. The summed E-state index contributed by atoms with van der Waals surface area (Å²) in [6.45, 7) is 0.877. The molecule has 6 heteroatoms. The molecule has 0 bridgehead atoms. The quantitative estimate of drug-likeness (QED) is 0.895. The zero-order valence-electron chi connectivity index (χ0n) is 12.4. The molecule has 2 N–H and O–H groups in total. The molecule has 0 saturated carbocycles. The third-order valence-corrected chi connectivity index (χ3v) is 6.36. The Kier molecular flexibility index (Phi) is 3.59. The molecule has 2 aromatic carbocycles. The number of benzene rings is 2. The number of hydrogen-bond donors (Lipinski definition) is 2. The summed E-state index contributed by atoms with van der Waals surface area (Å²) in [6, 6.07) is 12.5. The van der Waals surface area contributed by atoms with Crippen LogP contribution >= 0.6 is 11.6 Å². The first-order valence-electron chi connectivity index (χ1n) is 7.66. The second kappa shape index (κ2) is 5.51. The topological polar surface area (TPSA) is 58.2 Å². The Morgan fingerprint density at radius 1 is 1.17 bits per heavy atom. The van der Waals surface area contributed by atoms with Gasteiger partial charge in [-0.05, 0) is 48.2 Å². The van der Waals surface area contributed by atoms with E-state index in [0.29, 0.717) is 10.9 Å². The van der Waals surface area contributed by atoms with Crippen molar-refractivity contribution in [1.82, 2.24) is 4.72 Å². The maximum atomic E-state index is 12.6.